The smallest absolute Gasteiger partial charge is 0.312 e. The Labute approximate surface area is 128 Å². The number of benzene rings is 1. The molecule has 1 N–H and O–H groups in total. The van der Waals surface area contributed by atoms with Crippen molar-refractivity contribution in [2.75, 3.05) is 27.2 Å². The summed E-state index contributed by atoms with van der Waals surface area (Å²) in [4.78, 5) is 10.2. The molecule has 0 spiro atoms. The molecule has 1 heterocycles. The molecular weight excluding hydrogens is 322 g/mol. The van der Waals surface area contributed by atoms with Gasteiger partial charge in [0.15, 0.2) is 5.75 Å². The molecule has 1 aliphatic heterocycles. The molecule has 0 atom stereocenters. The number of ether oxygens (including phenoxy) is 1. The van der Waals surface area contributed by atoms with Gasteiger partial charge in [-0.05, 0) is 12.1 Å². The lowest BCUT2D eigenvalue weighted by Gasteiger charge is -2.34. The molecule has 0 saturated carbocycles. The van der Waals surface area contributed by atoms with E-state index >= 15 is 0 Å². The Kier molecular flexibility index (Phi) is 5.51. The van der Waals surface area contributed by atoms with Gasteiger partial charge in [0.05, 0.1) is 16.9 Å². The lowest BCUT2D eigenvalue weighted by atomic mass is 10.2. The number of methoxy groups -OCH3 is 1. The third-order valence-corrected chi connectivity index (χ3v) is 5.20. The molecule has 0 radical (unpaired) electrons. The average molecular weight is 338 g/mol. The lowest BCUT2D eigenvalue weighted by molar-refractivity contribution is -0.386. The molecule has 1 aliphatic rings. The zero-order chi connectivity index (χ0) is 14.9. The van der Waals surface area contributed by atoms with E-state index in [0.29, 0.717) is 13.1 Å². The number of hydrogen-bond donors (Lipinski definition) is 1. The molecule has 21 heavy (non-hydrogen) atoms. The van der Waals surface area contributed by atoms with E-state index < -0.39 is 14.9 Å². The zero-order valence-electron chi connectivity index (χ0n) is 11.5. The fourth-order valence-corrected chi connectivity index (χ4v) is 3.24. The number of nitrogens with one attached hydrogen (secondary N) is 1. The first-order chi connectivity index (χ1) is 9.37. The largest absolute Gasteiger partial charge is 0.490 e. The van der Waals surface area contributed by atoms with Crippen LogP contribution in [0.25, 0.3) is 0 Å². The Hall–Kier alpha value is -1.42. The second kappa shape index (κ2) is 6.56. The highest BCUT2D eigenvalue weighted by molar-refractivity contribution is 7.89. The fourth-order valence-electron chi connectivity index (χ4n) is 1.87. The van der Waals surface area contributed by atoms with Crippen LogP contribution in [-0.2, 0) is 10.0 Å². The van der Waals surface area contributed by atoms with Crippen LogP contribution in [-0.4, -0.2) is 50.9 Å². The van der Waals surface area contributed by atoms with Gasteiger partial charge in [0.1, 0.15) is 0 Å². The second-order valence-corrected chi connectivity index (χ2v) is 6.42. The first-order valence-corrected chi connectivity index (χ1v) is 7.33. The summed E-state index contributed by atoms with van der Waals surface area (Å²) < 4.78 is 30.8. The molecule has 2 rings (SSSR count). The van der Waals surface area contributed by atoms with Gasteiger partial charge in [0.2, 0.25) is 10.0 Å². The van der Waals surface area contributed by atoms with E-state index in [1.165, 1.54) is 30.6 Å². The maximum atomic E-state index is 12.4. The van der Waals surface area contributed by atoms with Crippen molar-refractivity contribution in [1.82, 2.24) is 9.62 Å². The van der Waals surface area contributed by atoms with E-state index in [4.69, 9.17) is 4.74 Å². The Morgan fingerprint density at radius 2 is 2.05 bits per heavy atom. The molecule has 10 heteroatoms. The normalized spacial score (nSPS) is 15.2. The van der Waals surface area contributed by atoms with Crippen LogP contribution in [0, 0.1) is 10.1 Å². The molecule has 1 aromatic rings. The van der Waals surface area contributed by atoms with Gasteiger partial charge in [-0.2, -0.15) is 4.31 Å². The molecule has 1 saturated heterocycles. The molecule has 0 aromatic heterocycles. The van der Waals surface area contributed by atoms with Gasteiger partial charge in [-0.1, -0.05) is 0 Å². The van der Waals surface area contributed by atoms with E-state index in [1.54, 1.807) is 0 Å². The van der Waals surface area contributed by atoms with Gasteiger partial charge < -0.3 is 10.1 Å². The number of likely N-dealkylation sites (N-methyl/N-ethyl adjacent to an activating group) is 1. The lowest BCUT2D eigenvalue weighted by Crippen LogP contribution is -2.57. The van der Waals surface area contributed by atoms with E-state index in [2.05, 4.69) is 5.32 Å². The van der Waals surface area contributed by atoms with E-state index in [9.17, 15) is 18.5 Å². The zero-order valence-corrected chi connectivity index (χ0v) is 13.1. The standard InChI is InChI=1S/C11H15N3O5S.ClH/c1-13(8-6-12-7-8)20(17,18)9-3-4-11(19-2)10(5-9)14(15)16;/h3-5,8,12H,6-7H2,1-2H3;1H. The summed E-state index contributed by atoms with van der Waals surface area (Å²) >= 11 is 0. The Bertz CT molecular complexity index is 633. The van der Waals surface area contributed by atoms with Gasteiger partial charge in [0, 0.05) is 32.2 Å². The highest BCUT2D eigenvalue weighted by Gasteiger charge is 2.33. The topological polar surface area (TPSA) is 102 Å². The molecule has 118 valence electrons. The summed E-state index contributed by atoms with van der Waals surface area (Å²) in [5.41, 5.74) is -0.367. The maximum absolute atomic E-state index is 12.4. The fraction of sp³-hybridized carbons (Fsp3) is 0.455. The third-order valence-electron chi connectivity index (χ3n) is 3.30. The highest BCUT2D eigenvalue weighted by Crippen LogP contribution is 2.30. The van der Waals surface area contributed by atoms with Crippen LogP contribution in [0.3, 0.4) is 0 Å². The van der Waals surface area contributed by atoms with Crippen molar-refractivity contribution < 1.29 is 18.1 Å². The summed E-state index contributed by atoms with van der Waals surface area (Å²) in [6, 6.07) is 3.50. The van der Waals surface area contributed by atoms with E-state index in [0.717, 1.165) is 6.07 Å². The Morgan fingerprint density at radius 1 is 1.43 bits per heavy atom. The molecule has 1 fully saturated rings. The van der Waals surface area contributed by atoms with Crippen molar-refractivity contribution in [1.29, 1.82) is 0 Å². The van der Waals surface area contributed by atoms with Gasteiger partial charge >= 0.3 is 5.69 Å². The summed E-state index contributed by atoms with van der Waals surface area (Å²) in [6.07, 6.45) is 0. The number of sulfonamides is 1. The van der Waals surface area contributed by atoms with Crippen LogP contribution in [0.15, 0.2) is 23.1 Å². The minimum absolute atomic E-state index is 0. The minimum atomic E-state index is -3.75. The predicted octanol–water partition coefficient (Wildman–Crippen LogP) is 0.617. The number of nitrogens with zero attached hydrogens (tertiary/aromatic N) is 2. The van der Waals surface area contributed by atoms with Crippen molar-refractivity contribution >= 4 is 28.1 Å². The molecule has 0 aliphatic carbocycles. The molecule has 0 unspecified atom stereocenters. The first-order valence-electron chi connectivity index (χ1n) is 5.89. The van der Waals surface area contributed by atoms with Crippen LogP contribution in [0.1, 0.15) is 0 Å². The Balaban J connectivity index is 0.00000220. The second-order valence-electron chi connectivity index (χ2n) is 4.42. The third kappa shape index (κ3) is 3.26. The molecule has 0 bridgehead atoms. The van der Waals surface area contributed by atoms with E-state index in [-0.39, 0.29) is 34.8 Å². The number of rotatable bonds is 5. The van der Waals surface area contributed by atoms with Gasteiger partial charge in [-0.25, -0.2) is 8.42 Å². The van der Waals surface area contributed by atoms with Gasteiger partial charge in [-0.15, -0.1) is 12.4 Å². The van der Waals surface area contributed by atoms with Crippen LogP contribution in [0.2, 0.25) is 0 Å². The molecule has 8 nitrogen and oxygen atoms in total. The summed E-state index contributed by atoms with van der Waals surface area (Å²) in [5, 5.41) is 13.9. The number of hydrogen-bond acceptors (Lipinski definition) is 6. The SMILES string of the molecule is COc1ccc(S(=O)(=O)N(C)C2CNC2)cc1[N+](=O)[O-].Cl. The van der Waals surface area contributed by atoms with Crippen molar-refractivity contribution in [3.05, 3.63) is 28.3 Å². The number of nitro groups is 1. The number of halogens is 1. The minimum Gasteiger partial charge on any atom is -0.490 e. The van der Waals surface area contributed by atoms with Crippen molar-refractivity contribution in [2.24, 2.45) is 0 Å². The van der Waals surface area contributed by atoms with Crippen LogP contribution < -0.4 is 10.1 Å². The monoisotopic (exact) mass is 337 g/mol. The maximum Gasteiger partial charge on any atom is 0.312 e. The predicted molar refractivity (Wildman–Crippen MR) is 78.5 cm³/mol. The molecule has 1 aromatic carbocycles. The molecule has 0 amide bonds. The van der Waals surface area contributed by atoms with Crippen LogP contribution in [0.5, 0.6) is 5.75 Å². The summed E-state index contributed by atoms with van der Waals surface area (Å²) in [7, 11) is -0.983. The summed E-state index contributed by atoms with van der Waals surface area (Å²) in [5.74, 6) is 0.0295. The van der Waals surface area contributed by atoms with Crippen LogP contribution in [0.4, 0.5) is 5.69 Å². The quantitative estimate of drug-likeness (QED) is 0.624. The number of nitro benzene ring substituents is 1. The highest BCUT2D eigenvalue weighted by atomic mass is 35.5. The van der Waals surface area contributed by atoms with Crippen molar-refractivity contribution in [2.45, 2.75) is 10.9 Å². The summed E-state index contributed by atoms with van der Waals surface area (Å²) in [6.45, 7) is 1.15. The van der Waals surface area contributed by atoms with Crippen LogP contribution >= 0.6 is 12.4 Å². The van der Waals surface area contributed by atoms with E-state index in [1.807, 2.05) is 0 Å². The van der Waals surface area contributed by atoms with Gasteiger partial charge in [0.25, 0.3) is 0 Å². The van der Waals surface area contributed by atoms with Crippen molar-refractivity contribution in [3.63, 3.8) is 0 Å². The Morgan fingerprint density at radius 3 is 2.48 bits per heavy atom. The average Bonchev–Trinajstić information content (AvgIpc) is 2.35. The first kappa shape index (κ1) is 17.6. The van der Waals surface area contributed by atoms with Crippen molar-refractivity contribution in [3.8, 4) is 5.75 Å². The molecular formula is C11H16ClN3O5S. The van der Waals surface area contributed by atoms with Gasteiger partial charge in [-0.3, -0.25) is 10.1 Å².